The van der Waals surface area contributed by atoms with Crippen molar-refractivity contribution in [3.63, 3.8) is 0 Å². The molecular formula is C10H16N2O2. The number of amides is 2. The molecule has 2 rings (SSSR count). The molecule has 14 heavy (non-hydrogen) atoms. The summed E-state index contributed by atoms with van der Waals surface area (Å²) in [5.74, 6) is -0.0178. The molecule has 1 N–H and O–H groups in total. The first kappa shape index (κ1) is 9.65. The van der Waals surface area contributed by atoms with E-state index in [2.05, 4.69) is 5.32 Å². The van der Waals surface area contributed by atoms with Crippen LogP contribution in [0.15, 0.2) is 0 Å². The van der Waals surface area contributed by atoms with E-state index >= 15 is 0 Å². The molecule has 0 aromatic heterocycles. The molecule has 1 saturated heterocycles. The van der Waals surface area contributed by atoms with Gasteiger partial charge in [-0.2, -0.15) is 0 Å². The average Bonchev–Trinajstić information content (AvgIpc) is 2.39. The van der Waals surface area contributed by atoms with Crippen molar-refractivity contribution in [2.75, 3.05) is 13.1 Å². The molecule has 1 aliphatic heterocycles. The summed E-state index contributed by atoms with van der Waals surface area (Å²) in [7, 11) is 0. The Morgan fingerprint density at radius 3 is 2.36 bits per heavy atom. The summed E-state index contributed by atoms with van der Waals surface area (Å²) in [6, 6.07) is 0.628. The Balaban J connectivity index is 1.68. The van der Waals surface area contributed by atoms with Crippen molar-refractivity contribution < 1.29 is 9.59 Å². The van der Waals surface area contributed by atoms with Crippen LogP contribution in [0.2, 0.25) is 0 Å². The fourth-order valence-electron chi connectivity index (χ4n) is 1.87. The zero-order valence-electron chi connectivity index (χ0n) is 8.29. The van der Waals surface area contributed by atoms with Crippen LogP contribution in [0.3, 0.4) is 0 Å². The second-order valence-corrected chi connectivity index (χ2v) is 4.02. The fourth-order valence-corrected chi connectivity index (χ4v) is 1.87. The molecule has 2 amide bonds. The van der Waals surface area contributed by atoms with Crippen molar-refractivity contribution in [2.45, 2.75) is 38.1 Å². The number of carbonyl (C=O) groups is 2. The predicted octanol–water partition coefficient (Wildman–Crippen LogP) is 0.278. The van der Waals surface area contributed by atoms with Crippen LogP contribution in [0.5, 0.6) is 0 Å². The third kappa shape index (κ3) is 1.95. The third-order valence-corrected chi connectivity index (χ3v) is 3.03. The molecule has 0 radical (unpaired) electrons. The van der Waals surface area contributed by atoms with Crippen molar-refractivity contribution >= 4 is 11.8 Å². The summed E-state index contributed by atoms with van der Waals surface area (Å²) in [5.41, 5.74) is 0. The molecule has 0 aromatic rings. The number of carbonyl (C=O) groups excluding carboxylic acids is 2. The number of hydrogen-bond acceptors (Lipinski definition) is 3. The lowest BCUT2D eigenvalue weighted by Gasteiger charge is -2.27. The Bertz CT molecular complexity index is 233. The van der Waals surface area contributed by atoms with Crippen molar-refractivity contribution in [3.8, 4) is 0 Å². The molecule has 1 saturated carbocycles. The van der Waals surface area contributed by atoms with Crippen LogP contribution in [0.1, 0.15) is 32.1 Å². The molecular weight excluding hydrogens is 180 g/mol. The van der Waals surface area contributed by atoms with Gasteiger partial charge in [-0.15, -0.1) is 0 Å². The van der Waals surface area contributed by atoms with Crippen LogP contribution in [0, 0.1) is 0 Å². The molecule has 0 spiro atoms. The third-order valence-electron chi connectivity index (χ3n) is 3.03. The van der Waals surface area contributed by atoms with E-state index in [1.54, 1.807) is 0 Å². The maximum Gasteiger partial charge on any atom is 0.229 e. The number of imide groups is 1. The molecule has 0 unspecified atom stereocenters. The van der Waals surface area contributed by atoms with E-state index in [0.29, 0.717) is 25.4 Å². The smallest absolute Gasteiger partial charge is 0.229 e. The van der Waals surface area contributed by atoms with Gasteiger partial charge in [-0.25, -0.2) is 0 Å². The first-order valence-corrected chi connectivity index (χ1v) is 5.34. The van der Waals surface area contributed by atoms with E-state index in [1.165, 1.54) is 24.2 Å². The van der Waals surface area contributed by atoms with E-state index in [0.717, 1.165) is 6.54 Å². The molecule has 4 nitrogen and oxygen atoms in total. The van der Waals surface area contributed by atoms with Crippen LogP contribution in [0.25, 0.3) is 0 Å². The lowest BCUT2D eigenvalue weighted by Crippen LogP contribution is -2.41. The highest BCUT2D eigenvalue weighted by molar-refractivity contribution is 6.01. The van der Waals surface area contributed by atoms with E-state index in [4.69, 9.17) is 0 Å². The normalized spacial score (nSPS) is 23.0. The van der Waals surface area contributed by atoms with E-state index in [9.17, 15) is 9.59 Å². The van der Waals surface area contributed by atoms with Gasteiger partial charge in [0.1, 0.15) is 0 Å². The summed E-state index contributed by atoms with van der Waals surface area (Å²) < 4.78 is 0. The molecule has 0 atom stereocenters. The molecule has 2 fully saturated rings. The molecule has 78 valence electrons. The van der Waals surface area contributed by atoms with Crippen molar-refractivity contribution in [1.82, 2.24) is 10.2 Å². The van der Waals surface area contributed by atoms with Crippen molar-refractivity contribution in [1.29, 1.82) is 0 Å². The van der Waals surface area contributed by atoms with Gasteiger partial charge in [-0.1, -0.05) is 6.42 Å². The molecule has 4 heteroatoms. The number of likely N-dealkylation sites (tertiary alicyclic amines) is 1. The lowest BCUT2D eigenvalue weighted by molar-refractivity contribution is -0.138. The summed E-state index contributed by atoms with van der Waals surface area (Å²) in [5, 5.41) is 3.34. The van der Waals surface area contributed by atoms with Crippen LogP contribution >= 0.6 is 0 Å². The lowest BCUT2D eigenvalue weighted by atomic mass is 9.93. The Kier molecular flexibility index (Phi) is 2.82. The Labute approximate surface area is 83.6 Å². The largest absolute Gasteiger partial charge is 0.312 e. The minimum atomic E-state index is -0.00888. The van der Waals surface area contributed by atoms with Crippen LogP contribution in [0.4, 0.5) is 0 Å². The van der Waals surface area contributed by atoms with Gasteiger partial charge in [0.05, 0.1) is 0 Å². The zero-order chi connectivity index (χ0) is 9.97. The average molecular weight is 196 g/mol. The van der Waals surface area contributed by atoms with Crippen molar-refractivity contribution in [2.24, 2.45) is 0 Å². The summed E-state index contributed by atoms with van der Waals surface area (Å²) in [6.07, 6.45) is 4.59. The van der Waals surface area contributed by atoms with Gasteiger partial charge in [-0.05, 0) is 12.8 Å². The predicted molar refractivity (Wildman–Crippen MR) is 51.6 cm³/mol. The van der Waals surface area contributed by atoms with Crippen LogP contribution < -0.4 is 5.32 Å². The number of nitrogens with zero attached hydrogens (tertiary/aromatic N) is 1. The van der Waals surface area contributed by atoms with Gasteiger partial charge in [0.15, 0.2) is 0 Å². The highest BCUT2D eigenvalue weighted by Gasteiger charge is 2.28. The van der Waals surface area contributed by atoms with Crippen LogP contribution in [-0.2, 0) is 9.59 Å². The topological polar surface area (TPSA) is 49.4 Å². The second-order valence-electron chi connectivity index (χ2n) is 4.02. The summed E-state index contributed by atoms with van der Waals surface area (Å²) in [4.78, 5) is 23.8. The fraction of sp³-hybridized carbons (Fsp3) is 0.800. The zero-order valence-corrected chi connectivity index (χ0v) is 8.29. The number of rotatable bonds is 4. The van der Waals surface area contributed by atoms with Gasteiger partial charge in [0.2, 0.25) is 11.8 Å². The first-order valence-electron chi connectivity index (χ1n) is 5.34. The van der Waals surface area contributed by atoms with Gasteiger partial charge in [-0.3, -0.25) is 14.5 Å². The van der Waals surface area contributed by atoms with E-state index in [1.807, 2.05) is 0 Å². The molecule has 1 heterocycles. The maximum atomic E-state index is 11.2. The quantitative estimate of drug-likeness (QED) is 0.657. The highest BCUT2D eigenvalue weighted by Crippen LogP contribution is 2.17. The minimum Gasteiger partial charge on any atom is -0.312 e. The Morgan fingerprint density at radius 2 is 1.86 bits per heavy atom. The SMILES string of the molecule is O=C1CCC(=O)N1CCNC1CCC1. The van der Waals surface area contributed by atoms with Crippen LogP contribution in [-0.4, -0.2) is 35.8 Å². The number of nitrogens with one attached hydrogen (secondary N) is 1. The Morgan fingerprint density at radius 1 is 1.21 bits per heavy atom. The second kappa shape index (κ2) is 4.09. The number of hydrogen-bond donors (Lipinski definition) is 1. The summed E-state index contributed by atoms with van der Waals surface area (Å²) >= 11 is 0. The monoisotopic (exact) mass is 196 g/mol. The van der Waals surface area contributed by atoms with Gasteiger partial charge in [0, 0.05) is 32.0 Å². The minimum absolute atomic E-state index is 0.00888. The van der Waals surface area contributed by atoms with Crippen molar-refractivity contribution in [3.05, 3.63) is 0 Å². The Hall–Kier alpha value is -0.900. The van der Waals surface area contributed by atoms with E-state index in [-0.39, 0.29) is 11.8 Å². The molecule has 1 aliphatic carbocycles. The molecule has 2 aliphatic rings. The van der Waals surface area contributed by atoms with Gasteiger partial charge < -0.3 is 5.32 Å². The van der Waals surface area contributed by atoms with Gasteiger partial charge >= 0.3 is 0 Å². The molecule has 0 aromatic carbocycles. The molecule has 0 bridgehead atoms. The highest BCUT2D eigenvalue weighted by atomic mass is 16.2. The van der Waals surface area contributed by atoms with E-state index < -0.39 is 0 Å². The maximum absolute atomic E-state index is 11.2. The standard InChI is InChI=1S/C10H16N2O2/c13-9-4-5-10(14)12(9)7-6-11-8-2-1-3-8/h8,11H,1-7H2. The summed E-state index contributed by atoms with van der Waals surface area (Å²) in [6.45, 7) is 1.30. The van der Waals surface area contributed by atoms with Gasteiger partial charge in [0.25, 0.3) is 0 Å². The first-order chi connectivity index (χ1) is 6.77.